The highest BCUT2D eigenvalue weighted by atomic mass is 19.1. The zero-order valence-electron chi connectivity index (χ0n) is 10.9. The van der Waals surface area contributed by atoms with E-state index < -0.39 is 11.6 Å². The van der Waals surface area contributed by atoms with Gasteiger partial charge in [-0.2, -0.15) is 15.1 Å². The lowest BCUT2D eigenvalue weighted by Gasteiger charge is -2.10. The number of rotatable bonds is 3. The van der Waals surface area contributed by atoms with Crippen LogP contribution in [0.4, 0.5) is 26.2 Å². The fourth-order valence-corrected chi connectivity index (χ4v) is 1.86. The molecule has 5 N–H and O–H groups in total. The van der Waals surface area contributed by atoms with Gasteiger partial charge < -0.3 is 5.32 Å². The topological polar surface area (TPSA) is 105 Å². The van der Waals surface area contributed by atoms with Crippen LogP contribution in [0.25, 0.3) is 11.0 Å². The average molecular weight is 291 g/mol. The maximum absolute atomic E-state index is 13.9. The molecule has 0 radical (unpaired) electrons. The maximum atomic E-state index is 13.9. The van der Waals surface area contributed by atoms with E-state index in [4.69, 9.17) is 5.84 Å². The summed E-state index contributed by atoms with van der Waals surface area (Å²) in [6.07, 6.45) is 1.47. The molecule has 108 valence electrons. The minimum absolute atomic E-state index is 0.0396. The molecule has 0 atom stereocenters. The van der Waals surface area contributed by atoms with E-state index in [-0.39, 0.29) is 23.0 Å². The van der Waals surface area contributed by atoms with Gasteiger partial charge in [-0.1, -0.05) is 0 Å². The van der Waals surface area contributed by atoms with Gasteiger partial charge in [0, 0.05) is 6.07 Å². The number of aromatic amines is 1. The van der Waals surface area contributed by atoms with Crippen LogP contribution in [0, 0.1) is 18.6 Å². The normalized spacial score (nSPS) is 10.9. The summed E-state index contributed by atoms with van der Waals surface area (Å²) in [5.74, 6) is 4.53. The van der Waals surface area contributed by atoms with E-state index in [1.807, 2.05) is 0 Å². The number of benzene rings is 1. The average Bonchev–Trinajstić information content (AvgIpc) is 2.93. The second-order valence-electron chi connectivity index (χ2n) is 4.38. The fraction of sp³-hybridized carbons (Fsp3) is 0.0833. The molecule has 2 aromatic heterocycles. The van der Waals surface area contributed by atoms with Crippen molar-refractivity contribution in [3.63, 3.8) is 0 Å². The SMILES string of the molecule is Cc1cc(F)c(Nc2nc(NN)nc3[nH]ncc23)cc1F. The van der Waals surface area contributed by atoms with E-state index in [9.17, 15) is 8.78 Å². The summed E-state index contributed by atoms with van der Waals surface area (Å²) in [7, 11) is 0. The summed E-state index contributed by atoms with van der Waals surface area (Å²) in [6, 6.07) is 2.17. The van der Waals surface area contributed by atoms with Crippen molar-refractivity contribution < 1.29 is 8.78 Å². The summed E-state index contributed by atoms with van der Waals surface area (Å²) in [4.78, 5) is 8.11. The molecule has 0 saturated carbocycles. The molecule has 0 aliphatic heterocycles. The third-order valence-electron chi connectivity index (χ3n) is 2.94. The molecule has 1 aromatic carbocycles. The Morgan fingerprint density at radius 2 is 2.00 bits per heavy atom. The smallest absolute Gasteiger partial charge is 0.241 e. The van der Waals surface area contributed by atoms with Crippen molar-refractivity contribution in [1.82, 2.24) is 20.2 Å². The number of hydrazine groups is 1. The molecular formula is C12H11F2N7. The van der Waals surface area contributed by atoms with E-state index in [2.05, 4.69) is 30.9 Å². The van der Waals surface area contributed by atoms with Gasteiger partial charge in [-0.15, -0.1) is 0 Å². The molecule has 0 aliphatic rings. The quantitative estimate of drug-likeness (QED) is 0.434. The van der Waals surface area contributed by atoms with Crippen LogP contribution in [-0.2, 0) is 0 Å². The Morgan fingerprint density at radius 1 is 1.19 bits per heavy atom. The number of nitrogen functional groups attached to an aromatic ring is 1. The van der Waals surface area contributed by atoms with Crippen LogP contribution in [0.1, 0.15) is 5.56 Å². The van der Waals surface area contributed by atoms with Crippen molar-refractivity contribution in [2.24, 2.45) is 5.84 Å². The van der Waals surface area contributed by atoms with E-state index in [0.29, 0.717) is 11.0 Å². The molecule has 7 nitrogen and oxygen atoms in total. The minimum atomic E-state index is -0.591. The Kier molecular flexibility index (Phi) is 3.10. The van der Waals surface area contributed by atoms with Crippen molar-refractivity contribution in [1.29, 1.82) is 0 Å². The molecule has 0 spiro atoms. The fourth-order valence-electron chi connectivity index (χ4n) is 1.86. The number of halogens is 2. The number of hydrogen-bond donors (Lipinski definition) is 4. The van der Waals surface area contributed by atoms with Crippen LogP contribution in [0.5, 0.6) is 0 Å². The molecule has 0 fully saturated rings. The number of fused-ring (bicyclic) bond motifs is 1. The van der Waals surface area contributed by atoms with Crippen LogP contribution in [0.3, 0.4) is 0 Å². The number of anilines is 3. The molecule has 3 aromatic rings. The molecule has 0 unspecified atom stereocenters. The lowest BCUT2D eigenvalue weighted by Crippen LogP contribution is -2.11. The van der Waals surface area contributed by atoms with Gasteiger partial charge in [0.25, 0.3) is 0 Å². The van der Waals surface area contributed by atoms with Gasteiger partial charge in [-0.25, -0.2) is 14.6 Å². The van der Waals surface area contributed by atoms with Crippen LogP contribution < -0.4 is 16.6 Å². The number of H-pyrrole nitrogens is 1. The molecule has 0 saturated heterocycles. The second kappa shape index (κ2) is 4.94. The lowest BCUT2D eigenvalue weighted by atomic mass is 10.2. The van der Waals surface area contributed by atoms with Gasteiger partial charge in [-0.3, -0.25) is 10.5 Å². The Bertz CT molecular complexity index is 815. The van der Waals surface area contributed by atoms with Crippen LogP contribution in [0.2, 0.25) is 0 Å². The van der Waals surface area contributed by atoms with Crippen LogP contribution in [-0.4, -0.2) is 20.2 Å². The molecule has 2 heterocycles. The molecule has 21 heavy (non-hydrogen) atoms. The van der Waals surface area contributed by atoms with Crippen LogP contribution in [0.15, 0.2) is 18.3 Å². The molecule has 9 heteroatoms. The first-order valence-electron chi connectivity index (χ1n) is 5.99. The number of nitrogens with two attached hydrogens (primary N) is 1. The first-order chi connectivity index (χ1) is 10.1. The van der Waals surface area contributed by atoms with Gasteiger partial charge in [0.2, 0.25) is 5.95 Å². The molecule has 0 aliphatic carbocycles. The first kappa shape index (κ1) is 13.2. The van der Waals surface area contributed by atoms with Gasteiger partial charge in [0.15, 0.2) is 5.65 Å². The lowest BCUT2D eigenvalue weighted by molar-refractivity contribution is 0.595. The van der Waals surface area contributed by atoms with E-state index in [1.165, 1.54) is 13.1 Å². The minimum Gasteiger partial charge on any atom is -0.337 e. The summed E-state index contributed by atoms with van der Waals surface area (Å²) >= 11 is 0. The zero-order chi connectivity index (χ0) is 15.0. The summed E-state index contributed by atoms with van der Waals surface area (Å²) in [6.45, 7) is 1.48. The number of nitrogens with zero attached hydrogens (tertiary/aromatic N) is 3. The molecule has 0 amide bonds. The Balaban J connectivity index is 2.09. The van der Waals surface area contributed by atoms with E-state index in [0.717, 1.165) is 12.1 Å². The predicted molar refractivity (Wildman–Crippen MR) is 73.9 cm³/mol. The van der Waals surface area contributed by atoms with Crippen molar-refractivity contribution >= 4 is 28.5 Å². The van der Waals surface area contributed by atoms with Gasteiger partial charge >= 0.3 is 0 Å². The Hall–Kier alpha value is -2.81. The molecule has 3 rings (SSSR count). The molecular weight excluding hydrogens is 280 g/mol. The third kappa shape index (κ3) is 2.34. The first-order valence-corrected chi connectivity index (χ1v) is 5.99. The van der Waals surface area contributed by atoms with Crippen molar-refractivity contribution in [3.05, 3.63) is 35.5 Å². The standard InChI is InChI=1S/C12H11F2N7/c1-5-2-8(14)9(3-7(5)13)17-10-6-4-16-21-11(6)19-12(18-10)20-15/h2-4H,15H2,1H3,(H3,16,17,18,19,20,21). The molecule has 0 bridgehead atoms. The van der Waals surface area contributed by atoms with Crippen LogP contribution >= 0.6 is 0 Å². The summed E-state index contributed by atoms with van der Waals surface area (Å²) < 4.78 is 27.5. The van der Waals surface area contributed by atoms with Crippen molar-refractivity contribution in [2.45, 2.75) is 6.92 Å². The highest BCUT2D eigenvalue weighted by Gasteiger charge is 2.13. The number of nitrogens with one attached hydrogen (secondary N) is 3. The summed E-state index contributed by atoms with van der Waals surface area (Å²) in [5, 5.41) is 9.73. The highest BCUT2D eigenvalue weighted by molar-refractivity contribution is 5.89. The van der Waals surface area contributed by atoms with Gasteiger partial charge in [0.1, 0.15) is 17.5 Å². The number of hydrogen-bond acceptors (Lipinski definition) is 6. The number of aromatic nitrogens is 4. The van der Waals surface area contributed by atoms with E-state index >= 15 is 0 Å². The zero-order valence-corrected chi connectivity index (χ0v) is 10.9. The Labute approximate surface area is 117 Å². The highest BCUT2D eigenvalue weighted by Crippen LogP contribution is 2.26. The monoisotopic (exact) mass is 291 g/mol. The summed E-state index contributed by atoms with van der Waals surface area (Å²) in [5.41, 5.74) is 2.88. The predicted octanol–water partition coefficient (Wildman–Crippen LogP) is 1.97. The second-order valence-corrected chi connectivity index (χ2v) is 4.38. The maximum Gasteiger partial charge on any atom is 0.241 e. The van der Waals surface area contributed by atoms with Gasteiger partial charge in [0.05, 0.1) is 17.3 Å². The van der Waals surface area contributed by atoms with Gasteiger partial charge in [-0.05, 0) is 18.6 Å². The van der Waals surface area contributed by atoms with E-state index in [1.54, 1.807) is 0 Å². The Morgan fingerprint density at radius 3 is 2.76 bits per heavy atom. The number of aryl methyl sites for hydroxylation is 1. The largest absolute Gasteiger partial charge is 0.337 e. The van der Waals surface area contributed by atoms with Crippen molar-refractivity contribution in [3.8, 4) is 0 Å². The third-order valence-corrected chi connectivity index (χ3v) is 2.94. The van der Waals surface area contributed by atoms with Crippen molar-refractivity contribution in [2.75, 3.05) is 10.7 Å².